The Labute approximate surface area is 163 Å². The average molecular weight is 393 g/mol. The molecular formula is C19H25ClN4O3. The van der Waals surface area contributed by atoms with Gasteiger partial charge in [-0.15, -0.1) is 0 Å². The SMILES string of the molecule is Nc1nc(Cl)nc2c1ccn2[C@H]1CC[C@@H](COC(=O)CC2CCCCC2)O1. The van der Waals surface area contributed by atoms with Crippen molar-refractivity contribution < 1.29 is 14.3 Å². The summed E-state index contributed by atoms with van der Waals surface area (Å²) in [5.41, 5.74) is 6.57. The van der Waals surface area contributed by atoms with Gasteiger partial charge in [0.25, 0.3) is 0 Å². The molecule has 2 N–H and O–H groups in total. The lowest BCUT2D eigenvalue weighted by Gasteiger charge is -2.21. The van der Waals surface area contributed by atoms with Crippen LogP contribution in [0.5, 0.6) is 0 Å². The Kier molecular flexibility index (Phi) is 5.50. The zero-order chi connectivity index (χ0) is 18.8. The van der Waals surface area contributed by atoms with Crippen molar-refractivity contribution in [1.82, 2.24) is 14.5 Å². The van der Waals surface area contributed by atoms with E-state index in [1.54, 1.807) is 0 Å². The highest BCUT2D eigenvalue weighted by atomic mass is 35.5. The summed E-state index contributed by atoms with van der Waals surface area (Å²) in [4.78, 5) is 20.4. The topological polar surface area (TPSA) is 92.3 Å². The summed E-state index contributed by atoms with van der Waals surface area (Å²) in [7, 11) is 0. The van der Waals surface area contributed by atoms with Gasteiger partial charge >= 0.3 is 5.97 Å². The van der Waals surface area contributed by atoms with Crippen LogP contribution in [-0.2, 0) is 14.3 Å². The number of hydrogen-bond acceptors (Lipinski definition) is 6. The Morgan fingerprint density at radius 2 is 2.07 bits per heavy atom. The number of esters is 1. The third-order valence-electron chi connectivity index (χ3n) is 5.58. The Morgan fingerprint density at radius 3 is 2.89 bits per heavy atom. The molecule has 0 amide bonds. The fraction of sp³-hybridized carbons (Fsp3) is 0.632. The van der Waals surface area contributed by atoms with Gasteiger partial charge in [-0.25, -0.2) is 4.98 Å². The van der Waals surface area contributed by atoms with Crippen LogP contribution in [0.2, 0.25) is 5.28 Å². The minimum absolute atomic E-state index is 0.0996. The number of rotatable bonds is 5. The van der Waals surface area contributed by atoms with E-state index in [-0.39, 0.29) is 23.6 Å². The molecule has 3 heterocycles. The molecule has 2 aromatic heterocycles. The first-order valence-electron chi connectivity index (χ1n) is 9.71. The summed E-state index contributed by atoms with van der Waals surface area (Å²) < 4.78 is 13.5. The first-order valence-corrected chi connectivity index (χ1v) is 10.1. The first-order chi connectivity index (χ1) is 13.1. The van der Waals surface area contributed by atoms with Crippen molar-refractivity contribution in [3.63, 3.8) is 0 Å². The van der Waals surface area contributed by atoms with E-state index < -0.39 is 0 Å². The molecule has 4 rings (SSSR count). The molecule has 7 nitrogen and oxygen atoms in total. The van der Waals surface area contributed by atoms with Crippen molar-refractivity contribution in [2.45, 2.75) is 63.7 Å². The summed E-state index contributed by atoms with van der Waals surface area (Å²) in [6, 6.07) is 1.86. The largest absolute Gasteiger partial charge is 0.463 e. The summed E-state index contributed by atoms with van der Waals surface area (Å²) >= 11 is 5.94. The number of hydrogen-bond donors (Lipinski definition) is 1. The van der Waals surface area contributed by atoms with E-state index >= 15 is 0 Å². The minimum atomic E-state index is -0.171. The summed E-state index contributed by atoms with van der Waals surface area (Å²) in [6.45, 7) is 0.305. The van der Waals surface area contributed by atoms with Gasteiger partial charge in [-0.2, -0.15) is 4.98 Å². The maximum Gasteiger partial charge on any atom is 0.306 e. The number of carbonyl (C=O) groups is 1. The van der Waals surface area contributed by atoms with Gasteiger partial charge in [-0.3, -0.25) is 4.79 Å². The highest BCUT2D eigenvalue weighted by Crippen LogP contribution is 2.33. The molecule has 8 heteroatoms. The molecule has 2 aliphatic rings. The third-order valence-corrected chi connectivity index (χ3v) is 5.75. The molecular weight excluding hydrogens is 368 g/mol. The van der Waals surface area contributed by atoms with Crippen LogP contribution >= 0.6 is 11.6 Å². The van der Waals surface area contributed by atoms with Gasteiger partial charge in [-0.1, -0.05) is 19.3 Å². The second-order valence-corrected chi connectivity index (χ2v) is 7.86. The smallest absolute Gasteiger partial charge is 0.306 e. The molecule has 0 bridgehead atoms. The maximum atomic E-state index is 12.1. The van der Waals surface area contributed by atoms with Crippen LogP contribution in [-0.4, -0.2) is 33.2 Å². The van der Waals surface area contributed by atoms with Crippen LogP contribution in [0.15, 0.2) is 12.3 Å². The maximum absolute atomic E-state index is 12.1. The number of nitrogens with zero attached hydrogens (tertiary/aromatic N) is 3. The van der Waals surface area contributed by atoms with Crippen LogP contribution in [0.3, 0.4) is 0 Å². The summed E-state index contributed by atoms with van der Waals surface area (Å²) in [6.07, 6.45) is 9.83. The van der Waals surface area contributed by atoms with Crippen molar-refractivity contribution in [3.05, 3.63) is 17.5 Å². The second-order valence-electron chi connectivity index (χ2n) is 7.52. The number of nitrogens with two attached hydrogens (primary N) is 1. The molecule has 2 fully saturated rings. The molecule has 1 aliphatic heterocycles. The lowest BCUT2D eigenvalue weighted by molar-refractivity contribution is -0.149. The van der Waals surface area contributed by atoms with Gasteiger partial charge in [0.1, 0.15) is 24.3 Å². The number of fused-ring (bicyclic) bond motifs is 1. The number of anilines is 1. The van der Waals surface area contributed by atoms with Gasteiger partial charge in [0.2, 0.25) is 5.28 Å². The van der Waals surface area contributed by atoms with E-state index in [2.05, 4.69) is 9.97 Å². The molecule has 1 saturated heterocycles. The van der Waals surface area contributed by atoms with Crippen molar-refractivity contribution in [2.24, 2.45) is 5.92 Å². The minimum Gasteiger partial charge on any atom is -0.463 e. The van der Waals surface area contributed by atoms with E-state index in [4.69, 9.17) is 26.8 Å². The monoisotopic (exact) mass is 392 g/mol. The third kappa shape index (κ3) is 4.19. The molecule has 0 spiro atoms. The van der Waals surface area contributed by atoms with Crippen molar-refractivity contribution in [2.75, 3.05) is 12.3 Å². The normalized spacial score (nSPS) is 23.7. The molecule has 0 radical (unpaired) electrons. The van der Waals surface area contributed by atoms with E-state index in [1.807, 2.05) is 16.8 Å². The van der Waals surface area contributed by atoms with Gasteiger partial charge in [-0.05, 0) is 49.3 Å². The van der Waals surface area contributed by atoms with Crippen molar-refractivity contribution in [1.29, 1.82) is 0 Å². The van der Waals surface area contributed by atoms with E-state index in [1.165, 1.54) is 19.3 Å². The van der Waals surface area contributed by atoms with Crippen molar-refractivity contribution >= 4 is 34.4 Å². The van der Waals surface area contributed by atoms with Gasteiger partial charge in [0.15, 0.2) is 0 Å². The van der Waals surface area contributed by atoms with Gasteiger partial charge < -0.3 is 19.8 Å². The molecule has 0 unspecified atom stereocenters. The fourth-order valence-electron chi connectivity index (χ4n) is 4.15. The van der Waals surface area contributed by atoms with E-state index in [0.29, 0.717) is 30.4 Å². The molecule has 1 aliphatic carbocycles. The first kappa shape index (κ1) is 18.5. The van der Waals surface area contributed by atoms with Crippen LogP contribution in [0.25, 0.3) is 11.0 Å². The van der Waals surface area contributed by atoms with Gasteiger partial charge in [0, 0.05) is 12.6 Å². The van der Waals surface area contributed by atoms with E-state index in [0.717, 1.165) is 31.1 Å². The molecule has 27 heavy (non-hydrogen) atoms. The summed E-state index contributed by atoms with van der Waals surface area (Å²) in [5.74, 6) is 0.743. The highest BCUT2D eigenvalue weighted by molar-refractivity contribution is 6.28. The standard InChI is InChI=1S/C19H25ClN4O3/c20-19-22-17(21)14-8-9-24(18(14)23-19)15-7-6-13(27-15)11-26-16(25)10-12-4-2-1-3-5-12/h8-9,12-13,15H,1-7,10-11H2,(H2,21,22,23)/t13-,15+/m0/s1. The average Bonchev–Trinajstić information content (AvgIpc) is 3.27. The number of aromatic nitrogens is 3. The van der Waals surface area contributed by atoms with Crippen LogP contribution < -0.4 is 5.73 Å². The molecule has 1 saturated carbocycles. The van der Waals surface area contributed by atoms with Crippen LogP contribution in [0.1, 0.15) is 57.6 Å². The lowest BCUT2D eigenvalue weighted by Crippen LogP contribution is -2.21. The lowest BCUT2D eigenvalue weighted by atomic mass is 9.87. The Balaban J connectivity index is 1.32. The van der Waals surface area contributed by atoms with Crippen LogP contribution in [0, 0.1) is 5.92 Å². The molecule has 2 aromatic rings. The summed E-state index contributed by atoms with van der Waals surface area (Å²) in [5, 5.41) is 0.872. The number of nitrogen functional groups attached to an aromatic ring is 1. The number of carbonyl (C=O) groups excluding carboxylic acids is 1. The van der Waals surface area contributed by atoms with E-state index in [9.17, 15) is 4.79 Å². The molecule has 2 atom stereocenters. The Bertz CT molecular complexity index is 819. The number of ether oxygens (including phenoxy) is 2. The number of halogens is 1. The second kappa shape index (κ2) is 8.02. The van der Waals surface area contributed by atoms with Gasteiger partial charge in [0.05, 0.1) is 11.5 Å². The molecule has 0 aromatic carbocycles. The molecule has 146 valence electrons. The zero-order valence-electron chi connectivity index (χ0n) is 15.3. The Morgan fingerprint density at radius 1 is 1.26 bits per heavy atom. The zero-order valence-corrected chi connectivity index (χ0v) is 16.0. The predicted molar refractivity (Wildman–Crippen MR) is 102 cm³/mol. The predicted octanol–water partition coefficient (Wildman–Crippen LogP) is 3.86. The highest BCUT2D eigenvalue weighted by Gasteiger charge is 2.29. The Hall–Kier alpha value is -1.86. The van der Waals surface area contributed by atoms with Crippen LogP contribution in [0.4, 0.5) is 5.82 Å². The quantitative estimate of drug-likeness (QED) is 0.613. The fourth-order valence-corrected chi connectivity index (χ4v) is 4.32. The van der Waals surface area contributed by atoms with Crippen molar-refractivity contribution in [3.8, 4) is 0 Å².